The Morgan fingerprint density at radius 3 is 1.89 bits per heavy atom. The summed E-state index contributed by atoms with van der Waals surface area (Å²) in [7, 11) is 0. The fourth-order valence-corrected chi connectivity index (χ4v) is 3.56. The van der Waals surface area contributed by atoms with Crippen molar-refractivity contribution in [2.75, 3.05) is 19.6 Å². The van der Waals surface area contributed by atoms with Gasteiger partial charge in [0, 0.05) is 18.6 Å². The first kappa shape index (κ1) is 17.0. The highest BCUT2D eigenvalue weighted by atomic mass is 15.2. The van der Waals surface area contributed by atoms with Crippen LogP contribution in [0.1, 0.15) is 73.1 Å². The summed E-state index contributed by atoms with van der Waals surface area (Å²) in [5.74, 6) is 0.832. The molecule has 0 radical (unpaired) electrons. The van der Waals surface area contributed by atoms with Gasteiger partial charge in [-0.15, -0.1) is 0 Å². The summed E-state index contributed by atoms with van der Waals surface area (Å²) in [5.41, 5.74) is 7.03. The first-order valence-corrected chi connectivity index (χ1v) is 8.38. The molecule has 2 nitrogen and oxygen atoms in total. The lowest BCUT2D eigenvalue weighted by atomic mass is 9.68. The third-order valence-corrected chi connectivity index (χ3v) is 5.60. The predicted octanol–water partition coefficient (Wildman–Crippen LogP) is 4.04. The highest BCUT2D eigenvalue weighted by molar-refractivity contribution is 4.98. The second-order valence-corrected chi connectivity index (χ2v) is 7.31. The van der Waals surface area contributed by atoms with Crippen LogP contribution in [0.4, 0.5) is 0 Å². The summed E-state index contributed by atoms with van der Waals surface area (Å²) in [4.78, 5) is 2.71. The van der Waals surface area contributed by atoms with E-state index in [-0.39, 0.29) is 5.54 Å². The Morgan fingerprint density at radius 2 is 1.53 bits per heavy atom. The Balaban J connectivity index is 2.75. The Kier molecular flexibility index (Phi) is 6.32. The van der Waals surface area contributed by atoms with Gasteiger partial charge in [-0.05, 0) is 43.6 Å². The third kappa shape index (κ3) is 4.19. The molecule has 2 N–H and O–H groups in total. The van der Waals surface area contributed by atoms with Gasteiger partial charge in [0.2, 0.25) is 0 Å². The first-order chi connectivity index (χ1) is 8.93. The van der Waals surface area contributed by atoms with Crippen molar-refractivity contribution in [3.05, 3.63) is 0 Å². The van der Waals surface area contributed by atoms with Crippen molar-refractivity contribution in [1.29, 1.82) is 0 Å². The van der Waals surface area contributed by atoms with Crippen LogP contribution >= 0.6 is 0 Å². The fourth-order valence-electron chi connectivity index (χ4n) is 3.56. The van der Waals surface area contributed by atoms with Crippen molar-refractivity contribution in [2.24, 2.45) is 17.1 Å². The molecule has 0 amide bonds. The summed E-state index contributed by atoms with van der Waals surface area (Å²) in [6, 6.07) is 0. The van der Waals surface area contributed by atoms with E-state index in [1.165, 1.54) is 45.1 Å². The van der Waals surface area contributed by atoms with Gasteiger partial charge in [0.25, 0.3) is 0 Å². The van der Waals surface area contributed by atoms with E-state index in [9.17, 15) is 0 Å². The highest BCUT2D eigenvalue weighted by Gasteiger charge is 2.41. The zero-order valence-electron chi connectivity index (χ0n) is 14.0. The molecule has 0 spiro atoms. The third-order valence-electron chi connectivity index (χ3n) is 5.60. The molecule has 1 rings (SSSR count). The number of nitrogens with zero attached hydrogens (tertiary/aromatic N) is 1. The zero-order valence-corrected chi connectivity index (χ0v) is 14.0. The molecule has 0 bridgehead atoms. The van der Waals surface area contributed by atoms with Crippen LogP contribution in [0.5, 0.6) is 0 Å². The van der Waals surface area contributed by atoms with Crippen LogP contribution in [0.3, 0.4) is 0 Å². The largest absolute Gasteiger partial charge is 0.329 e. The molecule has 0 aromatic heterocycles. The highest BCUT2D eigenvalue weighted by Crippen LogP contribution is 2.42. The monoisotopic (exact) mass is 268 g/mol. The number of hydrogen-bond acceptors (Lipinski definition) is 2. The molecule has 2 heteroatoms. The van der Waals surface area contributed by atoms with Crippen LogP contribution in [-0.2, 0) is 0 Å². The van der Waals surface area contributed by atoms with Crippen LogP contribution in [0.25, 0.3) is 0 Å². The zero-order chi connectivity index (χ0) is 14.5. The number of hydrogen-bond donors (Lipinski definition) is 1. The molecular weight excluding hydrogens is 232 g/mol. The maximum atomic E-state index is 6.22. The van der Waals surface area contributed by atoms with E-state index in [2.05, 4.69) is 39.5 Å². The summed E-state index contributed by atoms with van der Waals surface area (Å²) in [6.45, 7) is 15.0. The summed E-state index contributed by atoms with van der Waals surface area (Å²) in [5, 5.41) is 0. The first-order valence-electron chi connectivity index (χ1n) is 8.38. The van der Waals surface area contributed by atoms with Crippen molar-refractivity contribution >= 4 is 0 Å². The Morgan fingerprint density at radius 1 is 1.00 bits per heavy atom. The van der Waals surface area contributed by atoms with Crippen LogP contribution in [-0.4, -0.2) is 30.1 Å². The van der Waals surface area contributed by atoms with Crippen molar-refractivity contribution in [1.82, 2.24) is 4.90 Å². The van der Waals surface area contributed by atoms with Crippen LogP contribution in [0.15, 0.2) is 0 Å². The van der Waals surface area contributed by atoms with Crippen molar-refractivity contribution in [3.8, 4) is 0 Å². The van der Waals surface area contributed by atoms with Crippen LogP contribution in [0, 0.1) is 11.3 Å². The molecule has 0 aromatic carbocycles. The van der Waals surface area contributed by atoms with Crippen molar-refractivity contribution < 1.29 is 0 Å². The molecule has 1 aliphatic rings. The molecule has 19 heavy (non-hydrogen) atoms. The summed E-state index contributed by atoms with van der Waals surface area (Å²) < 4.78 is 0. The molecule has 114 valence electrons. The molecular formula is C17H36N2. The van der Waals surface area contributed by atoms with Crippen LogP contribution in [0.2, 0.25) is 0 Å². The van der Waals surface area contributed by atoms with Gasteiger partial charge in [0.15, 0.2) is 0 Å². The number of nitrogens with two attached hydrogens (primary N) is 1. The minimum Gasteiger partial charge on any atom is -0.329 e. The number of likely N-dealkylation sites (N-methyl/N-ethyl adjacent to an activating group) is 1. The molecule has 0 unspecified atom stereocenters. The minimum atomic E-state index is 0.285. The molecule has 0 atom stereocenters. The van der Waals surface area contributed by atoms with E-state index in [1.54, 1.807) is 0 Å². The standard InChI is InChI=1S/C17H36N2/c1-6-15(7-2)13-19(8-3)17(14-18)11-9-16(4,5)10-12-17/h15H,6-14,18H2,1-5H3. The van der Waals surface area contributed by atoms with Gasteiger partial charge in [0.1, 0.15) is 0 Å². The van der Waals surface area contributed by atoms with Gasteiger partial charge < -0.3 is 5.73 Å². The Bertz CT molecular complexity index is 246. The maximum Gasteiger partial charge on any atom is 0.0332 e. The summed E-state index contributed by atoms with van der Waals surface area (Å²) in [6.07, 6.45) is 7.79. The average Bonchev–Trinajstić information content (AvgIpc) is 2.42. The predicted molar refractivity (Wildman–Crippen MR) is 85.4 cm³/mol. The molecule has 0 aromatic rings. The molecule has 1 aliphatic carbocycles. The quantitative estimate of drug-likeness (QED) is 0.755. The van der Waals surface area contributed by atoms with E-state index >= 15 is 0 Å². The maximum absolute atomic E-state index is 6.22. The van der Waals surface area contributed by atoms with E-state index in [1.807, 2.05) is 0 Å². The minimum absolute atomic E-state index is 0.285. The van der Waals surface area contributed by atoms with Gasteiger partial charge >= 0.3 is 0 Å². The lowest BCUT2D eigenvalue weighted by Gasteiger charge is -2.50. The molecule has 1 fully saturated rings. The second-order valence-electron chi connectivity index (χ2n) is 7.31. The smallest absolute Gasteiger partial charge is 0.0332 e. The number of rotatable bonds is 7. The average molecular weight is 268 g/mol. The topological polar surface area (TPSA) is 29.3 Å². The van der Waals surface area contributed by atoms with Crippen LogP contribution < -0.4 is 5.73 Å². The molecule has 0 aliphatic heterocycles. The second kappa shape index (κ2) is 7.08. The van der Waals surface area contributed by atoms with E-state index in [0.29, 0.717) is 5.41 Å². The SMILES string of the molecule is CCC(CC)CN(CC)C1(CN)CCC(C)(C)CC1. The van der Waals surface area contributed by atoms with E-state index in [4.69, 9.17) is 5.73 Å². The summed E-state index contributed by atoms with van der Waals surface area (Å²) >= 11 is 0. The normalized spacial score (nSPS) is 22.1. The van der Waals surface area contributed by atoms with Gasteiger partial charge in [-0.3, -0.25) is 4.90 Å². The van der Waals surface area contributed by atoms with Crippen molar-refractivity contribution in [2.45, 2.75) is 78.7 Å². The Hall–Kier alpha value is -0.0800. The lowest BCUT2D eigenvalue weighted by molar-refractivity contribution is 0.0152. The van der Waals surface area contributed by atoms with Gasteiger partial charge in [-0.1, -0.05) is 47.5 Å². The lowest BCUT2D eigenvalue weighted by Crippen LogP contribution is -2.57. The van der Waals surface area contributed by atoms with E-state index in [0.717, 1.165) is 19.0 Å². The van der Waals surface area contributed by atoms with Gasteiger partial charge in [-0.2, -0.15) is 0 Å². The Labute approximate surface area is 121 Å². The van der Waals surface area contributed by atoms with Gasteiger partial charge in [-0.25, -0.2) is 0 Å². The van der Waals surface area contributed by atoms with Gasteiger partial charge in [0.05, 0.1) is 0 Å². The van der Waals surface area contributed by atoms with Crippen molar-refractivity contribution in [3.63, 3.8) is 0 Å². The molecule has 0 saturated heterocycles. The fraction of sp³-hybridized carbons (Fsp3) is 1.00. The molecule has 0 heterocycles. The molecule has 1 saturated carbocycles. The van der Waals surface area contributed by atoms with E-state index < -0.39 is 0 Å².